The van der Waals surface area contributed by atoms with Gasteiger partial charge in [-0.15, -0.1) is 0 Å². The zero-order chi connectivity index (χ0) is 21.6. The van der Waals surface area contributed by atoms with Crippen molar-refractivity contribution in [1.29, 1.82) is 0 Å². The van der Waals surface area contributed by atoms with Gasteiger partial charge in [0.05, 0.1) is 31.0 Å². The van der Waals surface area contributed by atoms with Gasteiger partial charge in [-0.25, -0.2) is 4.79 Å². The first kappa shape index (κ1) is 21.8. The number of amides is 1. The van der Waals surface area contributed by atoms with Crippen molar-refractivity contribution in [2.75, 3.05) is 6.54 Å². The summed E-state index contributed by atoms with van der Waals surface area (Å²) in [6, 6.07) is 19.8. The molecule has 1 aliphatic rings. The Bertz CT molecular complexity index is 849. The van der Waals surface area contributed by atoms with Crippen molar-refractivity contribution in [2.45, 2.75) is 57.5 Å². The summed E-state index contributed by atoms with van der Waals surface area (Å²) < 4.78 is 11.8. The standard InChI is InChI=1S/C24H30N2O4/c1-23(2,3)30-22(27)26-16-21(29-17-20-12-8-5-9-13-20)15-24(26,18-25-28)14-19-10-6-4-7-11-19/h4-13,18,21,28H,14-17H2,1-3H3/b25-18+/t21-,24-/m0/s1. The molecule has 0 radical (unpaired) electrons. The Hall–Kier alpha value is -2.86. The highest BCUT2D eigenvalue weighted by Gasteiger charge is 2.49. The summed E-state index contributed by atoms with van der Waals surface area (Å²) in [5.74, 6) is 0. The van der Waals surface area contributed by atoms with Crippen LogP contribution in [0, 0.1) is 0 Å². The lowest BCUT2D eigenvalue weighted by Gasteiger charge is -2.36. The minimum Gasteiger partial charge on any atom is -0.444 e. The molecule has 160 valence electrons. The molecule has 1 heterocycles. The molecule has 2 aromatic rings. The van der Waals surface area contributed by atoms with Gasteiger partial charge >= 0.3 is 6.09 Å². The van der Waals surface area contributed by atoms with E-state index in [-0.39, 0.29) is 6.10 Å². The number of rotatable bonds is 6. The van der Waals surface area contributed by atoms with Gasteiger partial charge in [0.25, 0.3) is 0 Å². The molecule has 1 N–H and O–H groups in total. The van der Waals surface area contributed by atoms with E-state index in [4.69, 9.17) is 9.47 Å². The topological polar surface area (TPSA) is 71.4 Å². The van der Waals surface area contributed by atoms with Crippen molar-refractivity contribution in [3.8, 4) is 0 Å². The third-order valence-corrected chi connectivity index (χ3v) is 5.10. The minimum absolute atomic E-state index is 0.209. The first-order chi connectivity index (χ1) is 14.3. The molecule has 0 spiro atoms. The highest BCUT2D eigenvalue weighted by atomic mass is 16.6. The Kier molecular flexibility index (Phi) is 6.77. The van der Waals surface area contributed by atoms with Crippen molar-refractivity contribution in [2.24, 2.45) is 5.16 Å². The number of oxime groups is 1. The minimum atomic E-state index is -0.834. The monoisotopic (exact) mass is 410 g/mol. The fourth-order valence-corrected chi connectivity index (χ4v) is 3.82. The third-order valence-electron chi connectivity index (χ3n) is 5.10. The van der Waals surface area contributed by atoms with Crippen molar-refractivity contribution >= 4 is 12.3 Å². The van der Waals surface area contributed by atoms with Crippen LogP contribution in [0.3, 0.4) is 0 Å². The number of hydrogen-bond acceptors (Lipinski definition) is 5. The summed E-state index contributed by atoms with van der Waals surface area (Å²) in [5.41, 5.74) is 0.640. The van der Waals surface area contributed by atoms with Crippen LogP contribution in [0.2, 0.25) is 0 Å². The Balaban J connectivity index is 1.85. The summed E-state index contributed by atoms with van der Waals surface area (Å²) in [6.07, 6.45) is 1.81. The van der Waals surface area contributed by atoms with E-state index in [1.807, 2.05) is 81.4 Å². The second kappa shape index (κ2) is 9.30. The Morgan fingerprint density at radius 1 is 1.13 bits per heavy atom. The molecule has 6 heteroatoms. The van der Waals surface area contributed by atoms with E-state index in [2.05, 4.69) is 5.16 Å². The number of benzene rings is 2. The van der Waals surface area contributed by atoms with Crippen LogP contribution < -0.4 is 0 Å². The average Bonchev–Trinajstić information content (AvgIpc) is 3.05. The molecule has 30 heavy (non-hydrogen) atoms. The number of hydrogen-bond donors (Lipinski definition) is 1. The fraction of sp³-hybridized carbons (Fsp3) is 0.417. The molecule has 0 aromatic heterocycles. The summed E-state index contributed by atoms with van der Waals surface area (Å²) in [5, 5.41) is 12.8. The van der Waals surface area contributed by atoms with Crippen molar-refractivity contribution in [3.63, 3.8) is 0 Å². The summed E-state index contributed by atoms with van der Waals surface area (Å²) in [4.78, 5) is 14.7. The van der Waals surface area contributed by atoms with Crippen LogP contribution in [0.25, 0.3) is 0 Å². The lowest BCUT2D eigenvalue weighted by Crippen LogP contribution is -2.51. The zero-order valence-corrected chi connectivity index (χ0v) is 17.8. The maximum Gasteiger partial charge on any atom is 0.411 e. The van der Waals surface area contributed by atoms with Gasteiger partial charge < -0.3 is 14.7 Å². The van der Waals surface area contributed by atoms with E-state index in [0.717, 1.165) is 11.1 Å². The third kappa shape index (κ3) is 5.60. The quantitative estimate of drug-likeness (QED) is 0.427. The van der Waals surface area contributed by atoms with E-state index in [9.17, 15) is 10.0 Å². The second-order valence-corrected chi connectivity index (χ2v) is 8.72. The predicted molar refractivity (Wildman–Crippen MR) is 116 cm³/mol. The van der Waals surface area contributed by atoms with Crippen molar-refractivity contribution < 1.29 is 19.5 Å². The van der Waals surface area contributed by atoms with E-state index in [1.165, 1.54) is 6.21 Å². The fourth-order valence-electron chi connectivity index (χ4n) is 3.82. The molecule has 6 nitrogen and oxygen atoms in total. The molecular weight excluding hydrogens is 380 g/mol. The van der Waals surface area contributed by atoms with E-state index >= 15 is 0 Å². The molecule has 1 saturated heterocycles. The molecule has 0 aliphatic carbocycles. The zero-order valence-electron chi connectivity index (χ0n) is 17.8. The summed E-state index contributed by atoms with van der Waals surface area (Å²) in [6.45, 7) is 6.32. The van der Waals surface area contributed by atoms with Gasteiger partial charge in [0, 0.05) is 12.8 Å². The van der Waals surface area contributed by atoms with Crippen LogP contribution in [0.4, 0.5) is 4.79 Å². The first-order valence-corrected chi connectivity index (χ1v) is 10.2. The van der Waals surface area contributed by atoms with Crippen molar-refractivity contribution in [1.82, 2.24) is 4.90 Å². The van der Waals surface area contributed by atoms with Gasteiger partial charge in [-0.05, 0) is 31.9 Å². The van der Waals surface area contributed by atoms with Gasteiger partial charge in [0.2, 0.25) is 0 Å². The van der Waals surface area contributed by atoms with Gasteiger partial charge in [-0.2, -0.15) is 0 Å². The van der Waals surface area contributed by atoms with Gasteiger partial charge in [-0.3, -0.25) is 4.90 Å². The molecule has 0 unspecified atom stereocenters. The van der Waals surface area contributed by atoms with Crippen LogP contribution in [0.15, 0.2) is 65.8 Å². The molecule has 0 saturated carbocycles. The van der Waals surface area contributed by atoms with Gasteiger partial charge in [0.1, 0.15) is 5.60 Å². The molecule has 2 aromatic carbocycles. The molecule has 1 fully saturated rings. The van der Waals surface area contributed by atoms with E-state index in [1.54, 1.807) is 4.90 Å². The second-order valence-electron chi connectivity index (χ2n) is 8.72. The van der Waals surface area contributed by atoms with Gasteiger partial charge in [-0.1, -0.05) is 65.8 Å². The highest BCUT2D eigenvalue weighted by Crippen LogP contribution is 2.35. The average molecular weight is 411 g/mol. The highest BCUT2D eigenvalue weighted by molar-refractivity contribution is 5.80. The van der Waals surface area contributed by atoms with Crippen molar-refractivity contribution in [3.05, 3.63) is 71.8 Å². The lowest BCUT2D eigenvalue weighted by molar-refractivity contribution is 0.0118. The largest absolute Gasteiger partial charge is 0.444 e. The Morgan fingerprint density at radius 3 is 2.30 bits per heavy atom. The van der Waals surface area contributed by atoms with E-state index in [0.29, 0.717) is 26.0 Å². The number of carbonyl (C=O) groups excluding carboxylic acids is 1. The first-order valence-electron chi connectivity index (χ1n) is 10.2. The molecule has 3 rings (SSSR count). The summed E-state index contributed by atoms with van der Waals surface area (Å²) in [7, 11) is 0. The molecule has 1 aliphatic heterocycles. The number of likely N-dealkylation sites (tertiary alicyclic amines) is 1. The maximum absolute atomic E-state index is 13.1. The Morgan fingerprint density at radius 2 is 1.73 bits per heavy atom. The van der Waals surface area contributed by atoms with Crippen LogP contribution in [-0.4, -0.2) is 46.2 Å². The number of nitrogens with zero attached hydrogens (tertiary/aromatic N) is 2. The number of ether oxygens (including phenoxy) is 2. The number of carbonyl (C=O) groups is 1. The summed E-state index contributed by atoms with van der Waals surface area (Å²) >= 11 is 0. The smallest absolute Gasteiger partial charge is 0.411 e. The predicted octanol–water partition coefficient (Wildman–Crippen LogP) is 4.65. The molecular formula is C24H30N2O4. The normalized spacial score (nSPS) is 21.8. The SMILES string of the molecule is CC(C)(C)OC(=O)N1C[C@@H](OCc2ccccc2)C[C@]1(/C=N/O)Cc1ccccc1. The van der Waals surface area contributed by atoms with Crippen LogP contribution in [-0.2, 0) is 22.5 Å². The molecule has 2 atom stereocenters. The molecule has 1 amide bonds. The van der Waals surface area contributed by atoms with E-state index < -0.39 is 17.2 Å². The van der Waals surface area contributed by atoms with Crippen LogP contribution in [0.1, 0.15) is 38.3 Å². The lowest BCUT2D eigenvalue weighted by atomic mass is 9.89. The Labute approximate surface area is 178 Å². The molecule has 0 bridgehead atoms. The maximum atomic E-state index is 13.1. The van der Waals surface area contributed by atoms with Gasteiger partial charge in [0.15, 0.2) is 0 Å². The van der Waals surface area contributed by atoms with Crippen LogP contribution >= 0.6 is 0 Å². The van der Waals surface area contributed by atoms with Crippen LogP contribution in [0.5, 0.6) is 0 Å².